The van der Waals surface area contributed by atoms with Gasteiger partial charge in [-0.1, -0.05) is 0 Å². The zero-order valence-electron chi connectivity index (χ0n) is 19.7. The minimum absolute atomic E-state index is 0.200. The van der Waals surface area contributed by atoms with E-state index in [0.29, 0.717) is 5.65 Å². The molecule has 0 amide bonds. The van der Waals surface area contributed by atoms with E-state index in [0.717, 1.165) is 92.3 Å². The first-order valence-corrected chi connectivity index (χ1v) is 12.9. The maximum absolute atomic E-state index is 13.7. The second-order valence-corrected chi connectivity index (χ2v) is 10.1. The van der Waals surface area contributed by atoms with Crippen LogP contribution in [0, 0.1) is 5.13 Å². The first-order chi connectivity index (χ1) is 18.2. The van der Waals surface area contributed by atoms with Crippen molar-refractivity contribution in [1.82, 2.24) is 35.5 Å². The fraction of sp³-hybridized carbons (Fsp3) is 0.185. The molecular weight excluding hydrogens is 489 g/mol. The fourth-order valence-corrected chi connectivity index (χ4v) is 5.60. The molecule has 1 aliphatic rings. The van der Waals surface area contributed by atoms with Crippen LogP contribution in [0.5, 0.6) is 5.75 Å². The van der Waals surface area contributed by atoms with Crippen LogP contribution in [0.1, 0.15) is 12.8 Å². The Morgan fingerprint density at radius 3 is 2.65 bits per heavy atom. The third kappa shape index (κ3) is 4.13. The van der Waals surface area contributed by atoms with Crippen LogP contribution in [0.4, 0.5) is 4.39 Å². The summed E-state index contributed by atoms with van der Waals surface area (Å²) in [5.74, 6) is 0.762. The van der Waals surface area contributed by atoms with Crippen LogP contribution >= 0.6 is 11.3 Å². The summed E-state index contributed by atoms with van der Waals surface area (Å²) in [6, 6.07) is 9.36. The maximum atomic E-state index is 13.7. The van der Waals surface area contributed by atoms with Crippen molar-refractivity contribution in [3.05, 3.63) is 66.4 Å². The van der Waals surface area contributed by atoms with Crippen LogP contribution in [-0.2, 0) is 0 Å². The minimum Gasteiger partial charge on any atom is -0.489 e. The lowest BCUT2D eigenvalue weighted by Gasteiger charge is -2.23. The zero-order valence-corrected chi connectivity index (χ0v) is 20.5. The predicted molar refractivity (Wildman–Crippen MR) is 142 cm³/mol. The van der Waals surface area contributed by atoms with E-state index in [1.807, 2.05) is 24.5 Å². The molecule has 6 aromatic heterocycles. The Balaban J connectivity index is 1.26. The zero-order chi connectivity index (χ0) is 24.8. The topological polar surface area (TPSA) is 104 Å². The molecule has 1 fully saturated rings. The van der Waals surface area contributed by atoms with Crippen LogP contribution in [-0.4, -0.2) is 49.3 Å². The van der Waals surface area contributed by atoms with Gasteiger partial charge in [0.25, 0.3) is 0 Å². The van der Waals surface area contributed by atoms with Crippen molar-refractivity contribution in [3.8, 4) is 38.7 Å². The van der Waals surface area contributed by atoms with Crippen LogP contribution < -0.4 is 10.1 Å². The van der Waals surface area contributed by atoms with Crippen molar-refractivity contribution in [1.29, 1.82) is 0 Å². The van der Waals surface area contributed by atoms with Gasteiger partial charge in [-0.3, -0.25) is 15.1 Å². The molecule has 0 spiro atoms. The van der Waals surface area contributed by atoms with Gasteiger partial charge >= 0.3 is 0 Å². The van der Waals surface area contributed by atoms with Gasteiger partial charge in [-0.05, 0) is 56.3 Å². The molecule has 0 unspecified atom stereocenters. The first kappa shape index (κ1) is 22.1. The second-order valence-electron chi connectivity index (χ2n) is 9.10. The van der Waals surface area contributed by atoms with E-state index in [2.05, 4.69) is 41.5 Å². The fourth-order valence-electron chi connectivity index (χ4n) is 4.85. The highest BCUT2D eigenvalue weighted by atomic mass is 32.1. The van der Waals surface area contributed by atoms with Gasteiger partial charge in [-0.2, -0.15) is 9.49 Å². The first-order valence-electron chi connectivity index (χ1n) is 12.1. The smallest absolute Gasteiger partial charge is 0.176 e. The molecule has 184 valence electrons. The highest BCUT2D eigenvalue weighted by Gasteiger charge is 2.17. The molecule has 6 aromatic rings. The van der Waals surface area contributed by atoms with Gasteiger partial charge < -0.3 is 15.0 Å². The van der Waals surface area contributed by atoms with Gasteiger partial charge in [-0.25, -0.2) is 4.98 Å². The quantitative estimate of drug-likeness (QED) is 0.280. The SMILES string of the molecule is Fc1ccc(-c2cncc3[nH]c(-c4n[nH]c5ncc(-c6cncc(OC7CCNCC7)c6)cc45)cc23)s1. The molecular formula is C27H22FN7OS. The lowest BCUT2D eigenvalue weighted by atomic mass is 10.1. The third-order valence-corrected chi connectivity index (χ3v) is 7.60. The Bertz CT molecular complexity index is 1730. The number of pyridine rings is 3. The van der Waals surface area contributed by atoms with E-state index in [1.54, 1.807) is 24.7 Å². The number of halogens is 1. The van der Waals surface area contributed by atoms with Gasteiger partial charge in [0.05, 0.1) is 23.6 Å². The summed E-state index contributed by atoms with van der Waals surface area (Å²) in [4.78, 5) is 17.6. The normalized spacial score (nSPS) is 14.5. The van der Waals surface area contributed by atoms with E-state index in [4.69, 9.17) is 4.74 Å². The Morgan fingerprint density at radius 1 is 0.919 bits per heavy atom. The molecule has 10 heteroatoms. The van der Waals surface area contributed by atoms with Crippen LogP contribution in [0.3, 0.4) is 0 Å². The number of ether oxygens (including phenoxy) is 1. The average Bonchev–Trinajstić information content (AvgIpc) is 3.66. The largest absolute Gasteiger partial charge is 0.489 e. The number of hydrogen-bond acceptors (Lipinski definition) is 7. The number of thiophene rings is 1. The second kappa shape index (κ2) is 9.06. The lowest BCUT2D eigenvalue weighted by Crippen LogP contribution is -2.34. The monoisotopic (exact) mass is 511 g/mol. The highest BCUT2D eigenvalue weighted by molar-refractivity contribution is 7.14. The lowest BCUT2D eigenvalue weighted by molar-refractivity contribution is 0.162. The Labute approximate surface area is 215 Å². The van der Waals surface area contributed by atoms with Crippen molar-refractivity contribution >= 4 is 33.3 Å². The molecule has 7 heterocycles. The van der Waals surface area contributed by atoms with Gasteiger partial charge in [0, 0.05) is 50.9 Å². The molecule has 7 rings (SSSR count). The number of fused-ring (bicyclic) bond motifs is 2. The number of aromatic nitrogens is 6. The number of hydrogen-bond donors (Lipinski definition) is 3. The summed E-state index contributed by atoms with van der Waals surface area (Å²) in [5.41, 5.74) is 5.84. The number of aromatic amines is 2. The Morgan fingerprint density at radius 2 is 1.78 bits per heavy atom. The maximum Gasteiger partial charge on any atom is 0.176 e. The van der Waals surface area contributed by atoms with Crippen molar-refractivity contribution in [3.63, 3.8) is 0 Å². The molecule has 0 bridgehead atoms. The average molecular weight is 512 g/mol. The standard InChI is InChI=1S/C27H22FN7OS/c28-25-2-1-24(37-25)21-13-31-14-23-19(21)9-22(33-23)26-20-8-16(11-32-27(20)35-34-26)15-7-18(12-30-10-15)36-17-3-5-29-6-4-17/h1-2,7-14,17,29,33H,3-6H2,(H,32,34,35). The number of piperidine rings is 1. The van der Waals surface area contributed by atoms with E-state index in [9.17, 15) is 4.39 Å². The molecule has 0 aromatic carbocycles. The highest BCUT2D eigenvalue weighted by Crippen LogP contribution is 2.36. The summed E-state index contributed by atoms with van der Waals surface area (Å²) >= 11 is 1.10. The van der Waals surface area contributed by atoms with Crippen molar-refractivity contribution in [2.45, 2.75) is 18.9 Å². The number of rotatable bonds is 5. The van der Waals surface area contributed by atoms with Crippen molar-refractivity contribution in [2.24, 2.45) is 0 Å². The summed E-state index contributed by atoms with van der Waals surface area (Å²) in [6.45, 7) is 1.94. The van der Waals surface area contributed by atoms with Crippen LogP contribution in [0.2, 0.25) is 0 Å². The summed E-state index contributed by atoms with van der Waals surface area (Å²) in [5, 5.41) is 12.6. The van der Waals surface area contributed by atoms with Crippen LogP contribution in [0.25, 0.3) is 54.9 Å². The minimum atomic E-state index is -0.223. The van der Waals surface area contributed by atoms with Crippen LogP contribution in [0.15, 0.2) is 61.3 Å². The molecule has 0 saturated carbocycles. The van der Waals surface area contributed by atoms with E-state index in [-0.39, 0.29) is 11.2 Å². The summed E-state index contributed by atoms with van der Waals surface area (Å²) < 4.78 is 19.9. The van der Waals surface area contributed by atoms with Crippen molar-refractivity contribution < 1.29 is 9.13 Å². The number of nitrogens with one attached hydrogen (secondary N) is 3. The van der Waals surface area contributed by atoms with Gasteiger partial charge in [0.2, 0.25) is 0 Å². The number of nitrogens with zero attached hydrogens (tertiary/aromatic N) is 4. The van der Waals surface area contributed by atoms with Gasteiger partial charge in [-0.15, -0.1) is 11.3 Å². The molecule has 0 aliphatic carbocycles. The molecule has 3 N–H and O–H groups in total. The van der Waals surface area contributed by atoms with E-state index >= 15 is 0 Å². The van der Waals surface area contributed by atoms with Crippen molar-refractivity contribution in [2.75, 3.05) is 13.1 Å². The van der Waals surface area contributed by atoms with Gasteiger partial charge in [0.1, 0.15) is 17.5 Å². The van der Waals surface area contributed by atoms with E-state index < -0.39 is 0 Å². The molecule has 0 radical (unpaired) electrons. The molecule has 1 aliphatic heterocycles. The van der Waals surface area contributed by atoms with Gasteiger partial charge in [0.15, 0.2) is 10.8 Å². The summed E-state index contributed by atoms with van der Waals surface area (Å²) in [7, 11) is 0. The molecule has 8 nitrogen and oxygen atoms in total. The van der Waals surface area contributed by atoms with E-state index in [1.165, 1.54) is 6.07 Å². The predicted octanol–water partition coefficient (Wildman–Crippen LogP) is 5.56. The molecule has 0 atom stereocenters. The Kier molecular flexibility index (Phi) is 5.40. The molecule has 37 heavy (non-hydrogen) atoms. The Hall–Kier alpha value is -4.15. The third-order valence-electron chi connectivity index (χ3n) is 6.69. The number of H-pyrrole nitrogens is 2. The molecule has 1 saturated heterocycles. The summed E-state index contributed by atoms with van der Waals surface area (Å²) in [6.07, 6.45) is 11.1.